The summed E-state index contributed by atoms with van der Waals surface area (Å²) < 4.78 is 11.1. The van der Waals surface area contributed by atoms with Crippen molar-refractivity contribution in [3.63, 3.8) is 0 Å². The zero-order valence-electron chi connectivity index (χ0n) is 32.3. The normalized spacial score (nSPS) is 14.4. The van der Waals surface area contributed by atoms with E-state index in [0.29, 0.717) is 64.3 Å². The van der Waals surface area contributed by atoms with Crippen LogP contribution in [0.25, 0.3) is 0 Å². The first-order valence-corrected chi connectivity index (χ1v) is 20.4. The fourth-order valence-corrected chi connectivity index (χ4v) is 7.58. The second kappa shape index (κ2) is 24.8. The van der Waals surface area contributed by atoms with E-state index >= 15 is 0 Å². The van der Waals surface area contributed by atoms with Gasteiger partial charge in [-0.3, -0.25) is 14.7 Å². The molecule has 3 N–H and O–H groups in total. The molecule has 12 nitrogen and oxygen atoms in total. The molecule has 1 aliphatic rings. The van der Waals surface area contributed by atoms with E-state index in [1.807, 2.05) is 66.0 Å². The lowest BCUT2D eigenvalue weighted by Crippen LogP contribution is -2.54. The highest BCUT2D eigenvalue weighted by molar-refractivity contribution is 7.09. The van der Waals surface area contributed by atoms with E-state index in [2.05, 4.69) is 44.7 Å². The number of hydrogen-bond donors (Lipinski definition) is 3. The first kappa shape index (κ1) is 46.6. The van der Waals surface area contributed by atoms with Crippen molar-refractivity contribution in [1.29, 1.82) is 0 Å². The van der Waals surface area contributed by atoms with Crippen molar-refractivity contribution >= 4 is 65.5 Å². The molecular weight excluding hydrogens is 794 g/mol. The van der Waals surface area contributed by atoms with Gasteiger partial charge in [-0.15, -0.1) is 47.5 Å². The molecule has 2 aromatic carbocycles. The van der Waals surface area contributed by atoms with Gasteiger partial charge >= 0.3 is 12.1 Å². The molecule has 0 bridgehead atoms. The zero-order valence-corrected chi connectivity index (χ0v) is 35.5. The van der Waals surface area contributed by atoms with Crippen LogP contribution in [0.15, 0.2) is 77.8 Å². The average molecular weight is 849 g/mol. The molecule has 4 amide bonds. The zero-order chi connectivity index (χ0) is 38.1. The molecule has 0 spiro atoms. The molecule has 56 heavy (non-hydrogen) atoms. The Morgan fingerprint density at radius 1 is 0.875 bits per heavy atom. The molecule has 5 rings (SSSR count). The summed E-state index contributed by atoms with van der Waals surface area (Å²) in [4.78, 5) is 54.2. The van der Waals surface area contributed by atoms with Crippen LogP contribution in [0, 0.1) is 0 Å². The topological polar surface area (TPSA) is 138 Å². The minimum absolute atomic E-state index is 0. The van der Waals surface area contributed by atoms with Crippen LogP contribution in [0.3, 0.4) is 0 Å². The Morgan fingerprint density at radius 2 is 1.50 bits per heavy atom. The standard InChI is InChI=1S/C40H53N7O5S2.2ClH/c1-29(2)38-43-34(27-53-38)25-46(3)39(49)45-36(16-17-47-18-20-51-21-19-47)37(48)42-32(22-30-10-6-4-7-11-30)14-15-33(23-31-12-8-5-9-13-31)44-40(50)52-26-35-24-41-28-54-35;;/h4-13,24,27-29,32-33,36H,14-23,25-26H2,1-3H3,(H,42,48)(H,44,50)(H,45,49);2*1H/t32-,33-,36+;;/m1../s1. The number of aromatic nitrogens is 2. The van der Waals surface area contributed by atoms with E-state index in [1.54, 1.807) is 35.0 Å². The molecule has 0 aliphatic carbocycles. The minimum atomic E-state index is -0.761. The fourth-order valence-electron chi connectivity index (χ4n) is 6.25. The number of urea groups is 1. The highest BCUT2D eigenvalue weighted by atomic mass is 35.5. The van der Waals surface area contributed by atoms with Crippen molar-refractivity contribution in [3.8, 4) is 0 Å². The van der Waals surface area contributed by atoms with Gasteiger partial charge in [0.15, 0.2) is 0 Å². The fraction of sp³-hybridized carbons (Fsp3) is 0.475. The number of thiazole rings is 2. The number of rotatable bonds is 19. The summed E-state index contributed by atoms with van der Waals surface area (Å²) in [6.07, 6.45) is 4.00. The summed E-state index contributed by atoms with van der Waals surface area (Å²) in [6.45, 7) is 8.19. The Bertz CT molecular complexity index is 1710. The second-order valence-corrected chi connectivity index (χ2v) is 15.8. The Balaban J connectivity index is 0.00000420. The van der Waals surface area contributed by atoms with Crippen LogP contribution < -0.4 is 16.0 Å². The van der Waals surface area contributed by atoms with Crippen molar-refractivity contribution < 1.29 is 23.9 Å². The number of hydrogen-bond acceptors (Lipinski definition) is 10. The number of carbonyl (C=O) groups is 3. The molecule has 0 radical (unpaired) electrons. The third-order valence-corrected chi connectivity index (χ3v) is 11.2. The van der Waals surface area contributed by atoms with Crippen LogP contribution in [-0.2, 0) is 40.3 Å². The van der Waals surface area contributed by atoms with Gasteiger partial charge in [0.2, 0.25) is 5.91 Å². The molecule has 16 heteroatoms. The number of benzene rings is 2. The SMILES string of the molecule is CC(C)c1nc(CN(C)C(=O)N[C@@H](CCN2CCOCC2)C(=O)N[C@H](CC[C@H](Cc2ccccc2)NC(=O)OCc2cncs2)Cc2ccccc2)cs1.Cl.Cl. The van der Waals surface area contributed by atoms with E-state index in [9.17, 15) is 14.4 Å². The molecule has 0 unspecified atom stereocenters. The van der Waals surface area contributed by atoms with Gasteiger partial charge in [-0.2, -0.15) is 0 Å². The monoisotopic (exact) mass is 847 g/mol. The Kier molecular flexibility index (Phi) is 20.6. The van der Waals surface area contributed by atoms with Gasteiger partial charge in [0.05, 0.1) is 40.8 Å². The first-order valence-electron chi connectivity index (χ1n) is 18.7. The predicted octanol–water partition coefficient (Wildman–Crippen LogP) is 6.84. The van der Waals surface area contributed by atoms with Gasteiger partial charge in [-0.25, -0.2) is 14.6 Å². The molecule has 2 aromatic heterocycles. The largest absolute Gasteiger partial charge is 0.444 e. The molecule has 1 saturated heterocycles. The van der Waals surface area contributed by atoms with Crippen molar-refractivity contribution in [1.82, 2.24) is 35.7 Å². The Hall–Kier alpha value is -3.79. The molecule has 3 heterocycles. The van der Waals surface area contributed by atoms with Gasteiger partial charge in [0.25, 0.3) is 0 Å². The van der Waals surface area contributed by atoms with E-state index in [4.69, 9.17) is 9.47 Å². The van der Waals surface area contributed by atoms with Crippen LogP contribution >= 0.6 is 47.5 Å². The van der Waals surface area contributed by atoms with E-state index in [-0.39, 0.29) is 55.4 Å². The van der Waals surface area contributed by atoms with Crippen LogP contribution in [-0.4, -0.2) is 95.8 Å². The lowest BCUT2D eigenvalue weighted by molar-refractivity contribution is -0.124. The van der Waals surface area contributed by atoms with Crippen LogP contribution in [0.1, 0.15) is 65.7 Å². The minimum Gasteiger partial charge on any atom is -0.444 e. The molecule has 306 valence electrons. The van der Waals surface area contributed by atoms with Crippen LogP contribution in [0.2, 0.25) is 0 Å². The number of nitrogens with one attached hydrogen (secondary N) is 3. The molecule has 4 aromatic rings. The van der Waals surface area contributed by atoms with Gasteiger partial charge in [0.1, 0.15) is 12.6 Å². The number of halogens is 2. The van der Waals surface area contributed by atoms with Gasteiger partial charge in [-0.05, 0) is 43.2 Å². The maximum absolute atomic E-state index is 14.2. The van der Waals surface area contributed by atoms with Crippen LogP contribution in [0.5, 0.6) is 0 Å². The predicted molar refractivity (Wildman–Crippen MR) is 227 cm³/mol. The summed E-state index contributed by atoms with van der Waals surface area (Å²) in [5.74, 6) is 0.0746. The van der Waals surface area contributed by atoms with E-state index < -0.39 is 12.1 Å². The maximum Gasteiger partial charge on any atom is 0.407 e. The maximum atomic E-state index is 14.2. The van der Waals surface area contributed by atoms with Crippen molar-refractivity contribution in [2.45, 2.75) is 83.1 Å². The van der Waals surface area contributed by atoms with E-state index in [1.165, 1.54) is 11.3 Å². The molecule has 0 saturated carbocycles. The lowest BCUT2D eigenvalue weighted by Gasteiger charge is -2.30. The lowest BCUT2D eigenvalue weighted by atomic mass is 9.95. The second-order valence-electron chi connectivity index (χ2n) is 14.0. The van der Waals surface area contributed by atoms with Gasteiger partial charge < -0.3 is 30.3 Å². The van der Waals surface area contributed by atoms with Crippen LogP contribution in [0.4, 0.5) is 9.59 Å². The summed E-state index contributed by atoms with van der Waals surface area (Å²) >= 11 is 3.02. The summed E-state index contributed by atoms with van der Waals surface area (Å²) in [6, 6.07) is 18.4. The number of amides is 4. The number of alkyl carbamates (subject to hydrolysis) is 1. The van der Waals surface area contributed by atoms with Gasteiger partial charge in [0, 0.05) is 56.3 Å². The molecular formula is C40H55Cl2N7O5S2. The van der Waals surface area contributed by atoms with Crippen molar-refractivity contribution in [3.05, 3.63) is 104 Å². The Morgan fingerprint density at radius 3 is 2.07 bits per heavy atom. The quantitative estimate of drug-likeness (QED) is 0.0933. The number of morpholine rings is 1. The number of ether oxygens (including phenoxy) is 2. The number of nitrogens with zero attached hydrogens (tertiary/aromatic N) is 4. The van der Waals surface area contributed by atoms with E-state index in [0.717, 1.165) is 39.8 Å². The molecule has 1 aliphatic heterocycles. The third-order valence-electron chi connectivity index (χ3n) is 9.27. The van der Waals surface area contributed by atoms with Gasteiger partial charge in [-0.1, -0.05) is 74.5 Å². The Labute approximate surface area is 351 Å². The molecule has 1 fully saturated rings. The smallest absolute Gasteiger partial charge is 0.407 e. The first-order chi connectivity index (χ1) is 26.2. The summed E-state index contributed by atoms with van der Waals surface area (Å²) in [7, 11) is 1.72. The average Bonchev–Trinajstić information content (AvgIpc) is 3.89. The highest BCUT2D eigenvalue weighted by Gasteiger charge is 2.27. The highest BCUT2D eigenvalue weighted by Crippen LogP contribution is 2.20. The summed E-state index contributed by atoms with van der Waals surface area (Å²) in [5.41, 5.74) is 4.70. The number of carbonyl (C=O) groups excluding carboxylic acids is 3. The summed E-state index contributed by atoms with van der Waals surface area (Å²) in [5, 5.41) is 12.4. The third kappa shape index (κ3) is 16.0. The molecule has 3 atom stereocenters. The van der Waals surface area contributed by atoms with Crippen molar-refractivity contribution in [2.24, 2.45) is 0 Å². The van der Waals surface area contributed by atoms with Crippen molar-refractivity contribution in [2.75, 3.05) is 39.9 Å².